The van der Waals surface area contributed by atoms with Crippen molar-refractivity contribution in [2.24, 2.45) is 22.7 Å². The Morgan fingerprint density at radius 1 is 1.29 bits per heavy atom. The van der Waals surface area contributed by atoms with E-state index in [-0.39, 0.29) is 28.9 Å². The minimum absolute atomic E-state index is 0.104. The summed E-state index contributed by atoms with van der Waals surface area (Å²) in [4.78, 5) is 27.5. The van der Waals surface area contributed by atoms with E-state index in [1.165, 1.54) is 24.7 Å². The summed E-state index contributed by atoms with van der Waals surface area (Å²) in [5.41, 5.74) is 2.40. The van der Waals surface area contributed by atoms with Crippen LogP contribution in [0.5, 0.6) is 0 Å². The zero-order valence-corrected chi connectivity index (χ0v) is 22.9. The lowest BCUT2D eigenvalue weighted by Crippen LogP contribution is -2.78. The molecule has 0 aromatic heterocycles. The summed E-state index contributed by atoms with van der Waals surface area (Å²) in [5.74, 6) is 1.29. The second kappa shape index (κ2) is 7.74. The van der Waals surface area contributed by atoms with Crippen LogP contribution in [0.25, 0.3) is 0 Å². The van der Waals surface area contributed by atoms with E-state index in [9.17, 15) is 9.59 Å². The Morgan fingerprint density at radius 2 is 1.94 bits per heavy atom. The van der Waals surface area contributed by atoms with Gasteiger partial charge in [0.05, 0.1) is 23.6 Å². The number of nitrogens with zero attached hydrogens (tertiary/aromatic N) is 1. The minimum atomic E-state index is -0.637. The minimum Gasteiger partial charge on any atom is -0.469 e. The molecule has 2 bridgehead atoms. The quantitative estimate of drug-likeness (QED) is 0.441. The maximum absolute atomic E-state index is 13.5. The van der Waals surface area contributed by atoms with Crippen molar-refractivity contribution in [2.75, 3.05) is 7.11 Å². The smallest absolute Gasteiger partial charge is 0.322 e. The fourth-order valence-electron chi connectivity index (χ4n) is 7.16. The van der Waals surface area contributed by atoms with Crippen LogP contribution in [-0.2, 0) is 15.1 Å². The fraction of sp³-hybridized carbons (Fsp3) is 0.655. The Morgan fingerprint density at radius 3 is 2.46 bits per heavy atom. The van der Waals surface area contributed by atoms with Gasteiger partial charge < -0.3 is 10.1 Å². The van der Waals surface area contributed by atoms with Gasteiger partial charge in [-0.05, 0) is 85.0 Å². The Hall–Kier alpha value is -2.01. The molecule has 190 valence electrons. The summed E-state index contributed by atoms with van der Waals surface area (Å²) in [6, 6.07) is 6.29. The van der Waals surface area contributed by atoms with Crippen LogP contribution in [0, 0.1) is 22.7 Å². The highest BCUT2D eigenvalue weighted by atomic mass is 35.5. The first kappa shape index (κ1) is 24.7. The van der Waals surface area contributed by atoms with Gasteiger partial charge in [-0.3, -0.25) is 9.69 Å². The van der Waals surface area contributed by atoms with Crippen molar-refractivity contribution in [1.82, 2.24) is 10.2 Å². The first-order valence-corrected chi connectivity index (χ1v) is 13.4. The number of methoxy groups -OCH3 is 1. The number of halogens is 1. The largest absolute Gasteiger partial charge is 0.469 e. The van der Waals surface area contributed by atoms with E-state index in [0.717, 1.165) is 17.0 Å². The number of hydrogen-bond acceptors (Lipinski definition) is 3. The van der Waals surface area contributed by atoms with Crippen molar-refractivity contribution in [3.05, 3.63) is 46.1 Å². The Bertz CT molecular complexity index is 1100. The Balaban J connectivity index is 1.45. The lowest BCUT2D eigenvalue weighted by Gasteiger charge is -2.71. The summed E-state index contributed by atoms with van der Waals surface area (Å²) in [6.45, 7) is 13.4. The molecule has 0 saturated heterocycles. The third-order valence-electron chi connectivity index (χ3n) is 9.58. The summed E-state index contributed by atoms with van der Waals surface area (Å²) in [6.07, 6.45) is 6.25. The molecule has 4 aliphatic carbocycles. The van der Waals surface area contributed by atoms with Crippen molar-refractivity contribution in [1.29, 1.82) is 0 Å². The SMILES string of the molecule is CC[C@H](C)C1=CN(C23CC(C(=O)OC)(C2)C3)C(=O)N[C@@]1(C)c1ccc([C@@H]2CC2C(C)(C)C)c(Cl)c1. The van der Waals surface area contributed by atoms with E-state index in [4.69, 9.17) is 16.3 Å². The first-order chi connectivity index (χ1) is 16.3. The van der Waals surface area contributed by atoms with E-state index in [2.05, 4.69) is 71.3 Å². The summed E-state index contributed by atoms with van der Waals surface area (Å²) in [7, 11) is 1.44. The molecule has 6 heteroatoms. The number of urea groups is 1. The van der Waals surface area contributed by atoms with Crippen LogP contribution in [0.3, 0.4) is 0 Å². The van der Waals surface area contributed by atoms with E-state index >= 15 is 0 Å². The number of ether oxygens (including phenoxy) is 1. The maximum atomic E-state index is 13.5. The molecule has 2 amide bonds. The standard InChI is InChI=1S/C29H39ClN2O3/c1-8-17(2)22-13-32(29-14-28(15-29,16-29)24(33)35-7)25(34)31-27(22,6)18-9-10-19(23(30)11-18)20-12-21(20)26(3,4)5/h9-11,13,17,20-21H,8,12,14-16H2,1-7H3,(H,31,34)/t17-,20-,21?,27-,28?,29?/m0/s1. The zero-order chi connectivity index (χ0) is 25.6. The third-order valence-corrected chi connectivity index (χ3v) is 9.90. The number of carbonyl (C=O) groups excluding carboxylic acids is 2. The molecule has 4 saturated carbocycles. The van der Waals surface area contributed by atoms with Crippen molar-refractivity contribution in [2.45, 2.75) is 90.6 Å². The molecule has 5 nitrogen and oxygen atoms in total. The summed E-state index contributed by atoms with van der Waals surface area (Å²) in [5, 5.41) is 4.14. The normalized spacial score (nSPS) is 36.4. The number of rotatable bonds is 6. The molecule has 1 N–H and O–H groups in total. The van der Waals surface area contributed by atoms with Gasteiger partial charge in [0.15, 0.2) is 0 Å². The van der Waals surface area contributed by atoms with Crippen LogP contribution in [0.4, 0.5) is 4.79 Å². The Kier molecular flexibility index (Phi) is 5.46. The molecule has 1 heterocycles. The van der Waals surface area contributed by atoms with Crippen molar-refractivity contribution < 1.29 is 14.3 Å². The van der Waals surface area contributed by atoms with Gasteiger partial charge in [0, 0.05) is 11.2 Å². The molecule has 1 aromatic rings. The molecule has 0 radical (unpaired) electrons. The molecule has 1 aromatic carbocycles. The predicted octanol–water partition coefficient (Wildman–Crippen LogP) is 6.76. The van der Waals surface area contributed by atoms with Gasteiger partial charge in [-0.2, -0.15) is 0 Å². The second-order valence-electron chi connectivity index (χ2n) is 12.9. The second-order valence-corrected chi connectivity index (χ2v) is 13.3. The van der Waals surface area contributed by atoms with Crippen molar-refractivity contribution >= 4 is 23.6 Å². The topological polar surface area (TPSA) is 58.6 Å². The third kappa shape index (κ3) is 3.55. The molecule has 6 rings (SSSR count). The molecular weight excluding hydrogens is 460 g/mol. The van der Waals surface area contributed by atoms with Gasteiger partial charge in [-0.25, -0.2) is 4.79 Å². The lowest BCUT2D eigenvalue weighted by molar-refractivity contribution is -0.218. The Labute approximate surface area is 214 Å². The molecule has 1 unspecified atom stereocenters. The van der Waals surface area contributed by atoms with Gasteiger partial charge in [0.2, 0.25) is 0 Å². The highest BCUT2D eigenvalue weighted by Gasteiger charge is 2.75. The monoisotopic (exact) mass is 498 g/mol. The van der Waals surface area contributed by atoms with E-state index in [1.54, 1.807) is 0 Å². The fourth-order valence-corrected chi connectivity index (χ4v) is 7.48. The average Bonchev–Trinajstić information content (AvgIpc) is 3.53. The number of benzene rings is 1. The maximum Gasteiger partial charge on any atom is 0.322 e. The van der Waals surface area contributed by atoms with Gasteiger partial charge in [-0.1, -0.05) is 58.4 Å². The van der Waals surface area contributed by atoms with Crippen LogP contribution in [0.2, 0.25) is 5.02 Å². The molecule has 35 heavy (non-hydrogen) atoms. The number of hydrogen-bond donors (Lipinski definition) is 1. The van der Waals surface area contributed by atoms with Crippen LogP contribution >= 0.6 is 11.6 Å². The first-order valence-electron chi connectivity index (χ1n) is 13.0. The van der Waals surface area contributed by atoms with Crippen molar-refractivity contribution in [3.63, 3.8) is 0 Å². The highest BCUT2D eigenvalue weighted by molar-refractivity contribution is 6.31. The van der Waals surface area contributed by atoms with Gasteiger partial charge >= 0.3 is 12.0 Å². The molecule has 1 aliphatic heterocycles. The average molecular weight is 499 g/mol. The predicted molar refractivity (Wildman–Crippen MR) is 138 cm³/mol. The number of amides is 2. The highest BCUT2D eigenvalue weighted by Crippen LogP contribution is 2.71. The number of carbonyl (C=O) groups is 2. The number of esters is 1. The van der Waals surface area contributed by atoms with Gasteiger partial charge in [-0.15, -0.1) is 0 Å². The lowest BCUT2D eigenvalue weighted by atomic mass is 9.38. The van der Waals surface area contributed by atoms with E-state index in [0.29, 0.717) is 31.1 Å². The summed E-state index contributed by atoms with van der Waals surface area (Å²) >= 11 is 6.87. The van der Waals surface area contributed by atoms with Crippen LogP contribution in [0.15, 0.2) is 30.0 Å². The molecule has 4 atom stereocenters. The van der Waals surface area contributed by atoms with E-state index in [1.807, 2.05) is 4.90 Å². The van der Waals surface area contributed by atoms with Crippen molar-refractivity contribution in [3.8, 4) is 0 Å². The zero-order valence-electron chi connectivity index (χ0n) is 22.1. The van der Waals surface area contributed by atoms with Crippen LogP contribution in [0.1, 0.15) is 90.7 Å². The van der Waals surface area contributed by atoms with Crippen LogP contribution < -0.4 is 5.32 Å². The van der Waals surface area contributed by atoms with Gasteiger partial charge in [0.1, 0.15) is 0 Å². The molecule has 5 aliphatic rings. The van der Waals surface area contributed by atoms with Gasteiger partial charge in [0.25, 0.3) is 0 Å². The molecular formula is C29H39ClN2O3. The molecule has 4 fully saturated rings. The molecule has 0 spiro atoms. The van der Waals surface area contributed by atoms with Crippen LogP contribution in [-0.4, -0.2) is 29.5 Å². The van der Waals surface area contributed by atoms with E-state index < -0.39 is 11.0 Å². The summed E-state index contributed by atoms with van der Waals surface area (Å²) < 4.78 is 5.00. The number of nitrogens with one attached hydrogen (secondary N) is 1.